The molecule has 3 rings (SSSR count). The van der Waals surface area contributed by atoms with E-state index in [-0.39, 0.29) is 17.5 Å². The van der Waals surface area contributed by atoms with Crippen molar-refractivity contribution < 1.29 is 13.2 Å². The molecule has 8 nitrogen and oxygen atoms in total. The molecule has 0 amide bonds. The third-order valence-electron chi connectivity index (χ3n) is 4.12. The van der Waals surface area contributed by atoms with Crippen LogP contribution in [-0.4, -0.2) is 53.0 Å². The average Bonchev–Trinajstić information content (AvgIpc) is 3.21. The largest absolute Gasteiger partial charge is 0.384 e. The Kier molecular flexibility index (Phi) is 4.43. The Morgan fingerprint density at radius 2 is 2.29 bits per heavy atom. The number of sulfone groups is 1. The first-order valence-electron chi connectivity index (χ1n) is 7.65. The Balaban J connectivity index is 2.04. The summed E-state index contributed by atoms with van der Waals surface area (Å²) >= 11 is 0. The molecule has 0 aliphatic carbocycles. The van der Waals surface area contributed by atoms with E-state index in [1.807, 2.05) is 11.6 Å². The summed E-state index contributed by atoms with van der Waals surface area (Å²) in [4.78, 5) is 4.57. The molecule has 1 saturated heterocycles. The Bertz CT molecular complexity index is 891. The SMILES string of the molecule is COCCc1nc(-c2cc(C#N)cn2C)n([C@H]2CCS(=O)(=O)C2)n1. The van der Waals surface area contributed by atoms with Crippen molar-refractivity contribution >= 4 is 9.84 Å². The maximum absolute atomic E-state index is 11.8. The van der Waals surface area contributed by atoms with Crippen LogP contribution in [0.15, 0.2) is 12.3 Å². The van der Waals surface area contributed by atoms with Gasteiger partial charge in [-0.1, -0.05) is 0 Å². The van der Waals surface area contributed by atoms with Gasteiger partial charge in [-0.25, -0.2) is 18.1 Å². The minimum Gasteiger partial charge on any atom is -0.384 e. The van der Waals surface area contributed by atoms with Crippen molar-refractivity contribution in [2.24, 2.45) is 7.05 Å². The molecule has 1 aliphatic heterocycles. The summed E-state index contributed by atoms with van der Waals surface area (Å²) in [6.45, 7) is 0.489. The van der Waals surface area contributed by atoms with Crippen LogP contribution in [0, 0.1) is 11.3 Å². The predicted molar refractivity (Wildman–Crippen MR) is 87.0 cm³/mol. The number of nitriles is 1. The average molecular weight is 349 g/mol. The predicted octanol–water partition coefficient (Wildman–Crippen LogP) is 0.704. The van der Waals surface area contributed by atoms with Crippen LogP contribution < -0.4 is 0 Å². The molecule has 1 atom stereocenters. The Hall–Kier alpha value is -2.18. The summed E-state index contributed by atoms with van der Waals surface area (Å²) in [7, 11) is 0.405. The first-order valence-corrected chi connectivity index (χ1v) is 9.47. The van der Waals surface area contributed by atoms with Gasteiger partial charge in [-0.3, -0.25) is 0 Å². The third-order valence-corrected chi connectivity index (χ3v) is 5.87. The second-order valence-electron chi connectivity index (χ2n) is 5.93. The molecule has 0 bridgehead atoms. The van der Waals surface area contributed by atoms with Gasteiger partial charge in [0, 0.05) is 26.8 Å². The Morgan fingerprint density at radius 3 is 2.88 bits per heavy atom. The van der Waals surface area contributed by atoms with Gasteiger partial charge in [0.05, 0.1) is 35.4 Å². The molecule has 9 heteroatoms. The fourth-order valence-electron chi connectivity index (χ4n) is 2.91. The van der Waals surface area contributed by atoms with Crippen LogP contribution in [0.4, 0.5) is 0 Å². The summed E-state index contributed by atoms with van der Waals surface area (Å²) in [6.07, 6.45) is 2.79. The number of hydrogen-bond donors (Lipinski definition) is 0. The minimum atomic E-state index is -3.03. The minimum absolute atomic E-state index is 0.0720. The van der Waals surface area contributed by atoms with E-state index in [4.69, 9.17) is 10.00 Å². The molecule has 2 aromatic heterocycles. The zero-order valence-electron chi connectivity index (χ0n) is 13.6. The molecule has 0 saturated carbocycles. The fraction of sp³-hybridized carbons (Fsp3) is 0.533. The van der Waals surface area contributed by atoms with Gasteiger partial charge in [-0.15, -0.1) is 0 Å². The van der Waals surface area contributed by atoms with Crippen molar-refractivity contribution in [3.63, 3.8) is 0 Å². The van der Waals surface area contributed by atoms with Gasteiger partial charge in [-0.2, -0.15) is 10.4 Å². The van der Waals surface area contributed by atoms with Crippen LogP contribution in [-0.2, 0) is 28.0 Å². The highest BCUT2D eigenvalue weighted by atomic mass is 32.2. The highest BCUT2D eigenvalue weighted by molar-refractivity contribution is 7.91. The van der Waals surface area contributed by atoms with Gasteiger partial charge in [0.2, 0.25) is 0 Å². The number of hydrogen-bond acceptors (Lipinski definition) is 6. The molecular formula is C15H19N5O3S. The Morgan fingerprint density at radius 1 is 1.50 bits per heavy atom. The smallest absolute Gasteiger partial charge is 0.175 e. The molecular weight excluding hydrogens is 330 g/mol. The zero-order valence-corrected chi connectivity index (χ0v) is 14.5. The quantitative estimate of drug-likeness (QED) is 0.787. The molecule has 1 fully saturated rings. The standard InChI is InChI=1S/C15H19N5O3S/c1-19-9-11(8-16)7-13(19)15-17-14(3-5-23-2)18-20(15)12-4-6-24(21,22)10-12/h7,9,12H,3-6,10H2,1-2H3/t12-/m0/s1. The molecule has 1 aliphatic rings. The second kappa shape index (κ2) is 6.37. The highest BCUT2D eigenvalue weighted by Crippen LogP contribution is 2.29. The summed E-state index contributed by atoms with van der Waals surface area (Å²) in [5.74, 6) is 1.44. The lowest BCUT2D eigenvalue weighted by atomic mass is 10.2. The molecule has 128 valence electrons. The van der Waals surface area contributed by atoms with Crippen LogP contribution in [0.1, 0.15) is 23.9 Å². The highest BCUT2D eigenvalue weighted by Gasteiger charge is 2.32. The molecule has 0 spiro atoms. The van der Waals surface area contributed by atoms with E-state index in [9.17, 15) is 8.42 Å². The van der Waals surface area contributed by atoms with E-state index in [0.29, 0.717) is 36.7 Å². The lowest BCUT2D eigenvalue weighted by molar-refractivity contribution is 0.200. The molecule has 24 heavy (non-hydrogen) atoms. The molecule has 3 heterocycles. The Labute approximate surface area is 140 Å². The van der Waals surface area contributed by atoms with Crippen LogP contribution >= 0.6 is 0 Å². The second-order valence-corrected chi connectivity index (χ2v) is 8.16. The first-order chi connectivity index (χ1) is 11.4. The molecule has 0 radical (unpaired) electrons. The number of methoxy groups -OCH3 is 1. The van der Waals surface area contributed by atoms with Gasteiger partial charge in [-0.05, 0) is 12.5 Å². The molecule has 0 unspecified atom stereocenters. The number of rotatable bonds is 5. The van der Waals surface area contributed by atoms with Crippen molar-refractivity contribution in [3.05, 3.63) is 23.7 Å². The molecule has 2 aromatic rings. The van der Waals surface area contributed by atoms with E-state index in [0.717, 1.165) is 5.69 Å². The van der Waals surface area contributed by atoms with Crippen LogP contribution in [0.2, 0.25) is 0 Å². The van der Waals surface area contributed by atoms with Crippen LogP contribution in [0.5, 0.6) is 0 Å². The maximum atomic E-state index is 11.8. The number of aromatic nitrogens is 4. The number of nitrogens with zero attached hydrogens (tertiary/aromatic N) is 5. The maximum Gasteiger partial charge on any atom is 0.175 e. The van der Waals surface area contributed by atoms with Gasteiger partial charge in [0.15, 0.2) is 21.5 Å². The monoisotopic (exact) mass is 349 g/mol. The lowest BCUT2D eigenvalue weighted by Gasteiger charge is -2.12. The molecule has 0 N–H and O–H groups in total. The third kappa shape index (κ3) is 3.20. The summed E-state index contributed by atoms with van der Waals surface area (Å²) in [5.41, 5.74) is 1.27. The van der Waals surface area contributed by atoms with Crippen molar-refractivity contribution in [2.75, 3.05) is 25.2 Å². The van der Waals surface area contributed by atoms with E-state index in [1.54, 1.807) is 24.1 Å². The number of ether oxygens (including phenoxy) is 1. The van der Waals surface area contributed by atoms with Crippen molar-refractivity contribution in [1.82, 2.24) is 19.3 Å². The molecule has 0 aromatic carbocycles. The van der Waals surface area contributed by atoms with Crippen LogP contribution in [0.3, 0.4) is 0 Å². The van der Waals surface area contributed by atoms with Gasteiger partial charge in [0.1, 0.15) is 6.07 Å². The summed E-state index contributed by atoms with van der Waals surface area (Å²) < 4.78 is 32.2. The first kappa shape index (κ1) is 16.7. The van der Waals surface area contributed by atoms with E-state index in [2.05, 4.69) is 16.2 Å². The van der Waals surface area contributed by atoms with E-state index in [1.165, 1.54) is 0 Å². The summed E-state index contributed by atoms with van der Waals surface area (Å²) in [5, 5.41) is 13.6. The van der Waals surface area contributed by atoms with Crippen molar-refractivity contribution in [3.8, 4) is 17.6 Å². The van der Waals surface area contributed by atoms with Gasteiger partial charge in [0.25, 0.3) is 0 Å². The van der Waals surface area contributed by atoms with E-state index >= 15 is 0 Å². The van der Waals surface area contributed by atoms with Crippen molar-refractivity contribution in [2.45, 2.75) is 18.9 Å². The van der Waals surface area contributed by atoms with Gasteiger partial charge >= 0.3 is 0 Å². The van der Waals surface area contributed by atoms with Crippen molar-refractivity contribution in [1.29, 1.82) is 5.26 Å². The fourth-order valence-corrected chi connectivity index (χ4v) is 4.60. The van der Waals surface area contributed by atoms with Crippen LogP contribution in [0.25, 0.3) is 11.5 Å². The van der Waals surface area contributed by atoms with Gasteiger partial charge < -0.3 is 9.30 Å². The topological polar surface area (TPSA) is 103 Å². The number of aryl methyl sites for hydroxylation is 1. The normalized spacial score (nSPS) is 19.5. The lowest BCUT2D eigenvalue weighted by Crippen LogP contribution is -2.14. The zero-order chi connectivity index (χ0) is 17.3. The summed E-state index contributed by atoms with van der Waals surface area (Å²) in [6, 6.07) is 3.62. The van der Waals surface area contributed by atoms with E-state index < -0.39 is 9.84 Å².